The van der Waals surface area contributed by atoms with E-state index in [1.807, 2.05) is 18.2 Å². The first-order valence-electron chi connectivity index (χ1n) is 4.39. The average molecular weight is 191 g/mol. The van der Waals surface area contributed by atoms with E-state index < -0.39 is 0 Å². The van der Waals surface area contributed by atoms with E-state index >= 15 is 0 Å². The highest BCUT2D eigenvalue weighted by molar-refractivity contribution is 7.99. The lowest BCUT2D eigenvalue weighted by Crippen LogP contribution is -1.76. The zero-order valence-electron chi connectivity index (χ0n) is 7.50. The molecule has 1 N–H and O–H groups in total. The first-order chi connectivity index (χ1) is 6.40. The Morgan fingerprint density at radius 1 is 1.62 bits per heavy atom. The third kappa shape index (κ3) is 1.86. The minimum atomic E-state index is 0.932. The van der Waals surface area contributed by atoms with Crippen LogP contribution in [0.1, 0.15) is 13.3 Å². The number of aromatic amines is 1. The molecule has 0 atom stereocenters. The Kier molecular flexibility index (Phi) is 2.54. The highest BCUT2D eigenvalue weighted by atomic mass is 32.2. The summed E-state index contributed by atoms with van der Waals surface area (Å²) in [5, 5.41) is 0.999. The number of hydrogen-bond acceptors (Lipinski definition) is 2. The maximum absolute atomic E-state index is 4.40. The molecular weight excluding hydrogens is 180 g/mol. The molecule has 0 spiro atoms. The predicted octanol–water partition coefficient (Wildman–Crippen LogP) is 2.87. The van der Waals surface area contributed by atoms with Crippen LogP contribution in [0.3, 0.4) is 0 Å². The summed E-state index contributed by atoms with van der Waals surface area (Å²) in [5.74, 6) is 1.11. The summed E-state index contributed by atoms with van der Waals surface area (Å²) in [6, 6.07) is 8.97. The first kappa shape index (κ1) is 8.63. The van der Waals surface area contributed by atoms with E-state index in [0.29, 0.717) is 0 Å². The molecule has 0 fully saturated rings. The average Bonchev–Trinajstić information content (AvgIpc) is 2.57. The number of nitrogens with zero attached hydrogens (tertiary/aromatic N) is 1. The van der Waals surface area contributed by atoms with Crippen LogP contribution in [0.5, 0.6) is 0 Å². The molecule has 0 amide bonds. The molecule has 13 heavy (non-hydrogen) atoms. The second-order valence-electron chi connectivity index (χ2n) is 2.82. The second-order valence-corrected chi connectivity index (χ2v) is 3.91. The Morgan fingerprint density at radius 2 is 2.54 bits per heavy atom. The van der Waals surface area contributed by atoms with Crippen LogP contribution in [0.25, 0.3) is 11.0 Å². The summed E-state index contributed by atoms with van der Waals surface area (Å²) < 4.78 is 0. The zero-order valence-corrected chi connectivity index (χ0v) is 8.32. The highest BCUT2D eigenvalue weighted by Gasteiger charge is 2.00. The van der Waals surface area contributed by atoms with Gasteiger partial charge in [0, 0.05) is 11.8 Å². The molecule has 0 saturated carbocycles. The highest BCUT2D eigenvalue weighted by Crippen LogP contribution is 2.18. The summed E-state index contributed by atoms with van der Waals surface area (Å²) >= 11 is 1.76. The molecule has 1 aromatic carbocycles. The number of benzene rings is 1. The van der Waals surface area contributed by atoms with Crippen molar-refractivity contribution < 1.29 is 0 Å². The summed E-state index contributed by atoms with van der Waals surface area (Å²) in [4.78, 5) is 7.65. The van der Waals surface area contributed by atoms with Crippen molar-refractivity contribution >= 4 is 22.8 Å². The molecule has 67 valence electrons. The summed E-state index contributed by atoms with van der Waals surface area (Å²) in [6.45, 7) is 2.17. The fourth-order valence-corrected chi connectivity index (χ4v) is 1.87. The Balaban J connectivity index is 2.28. The molecule has 0 aliphatic carbocycles. The fourth-order valence-electron chi connectivity index (χ4n) is 1.13. The number of hydrogen-bond donors (Lipinski definition) is 1. The van der Waals surface area contributed by atoms with Gasteiger partial charge in [-0.3, -0.25) is 0 Å². The van der Waals surface area contributed by atoms with E-state index in [1.54, 1.807) is 11.8 Å². The smallest absolute Gasteiger partial charge is 0.166 e. The number of fused-ring (bicyclic) bond motifs is 1. The normalized spacial score (nSPS) is 10.8. The molecule has 0 aliphatic rings. The largest absolute Gasteiger partial charge is 0.333 e. The van der Waals surface area contributed by atoms with Crippen molar-refractivity contribution in [2.45, 2.75) is 18.5 Å². The monoisotopic (exact) mass is 191 g/mol. The van der Waals surface area contributed by atoms with Gasteiger partial charge in [-0.25, -0.2) is 4.98 Å². The van der Waals surface area contributed by atoms with Crippen LogP contribution in [0.2, 0.25) is 0 Å². The number of imidazole rings is 1. The number of H-pyrrole nitrogens is 1. The summed E-state index contributed by atoms with van der Waals surface area (Å²) in [5.41, 5.74) is 2.00. The topological polar surface area (TPSA) is 28.7 Å². The Bertz CT molecular complexity index is 361. The van der Waals surface area contributed by atoms with Gasteiger partial charge in [-0.15, -0.1) is 0 Å². The number of aromatic nitrogens is 2. The van der Waals surface area contributed by atoms with E-state index in [9.17, 15) is 0 Å². The maximum Gasteiger partial charge on any atom is 0.166 e. The van der Waals surface area contributed by atoms with Gasteiger partial charge in [-0.2, -0.15) is 0 Å². The van der Waals surface area contributed by atoms with Gasteiger partial charge in [0.15, 0.2) is 5.16 Å². The molecule has 1 heterocycles. The van der Waals surface area contributed by atoms with Crippen LogP contribution in [0, 0.1) is 6.07 Å². The van der Waals surface area contributed by atoms with Gasteiger partial charge in [-0.05, 0) is 12.5 Å². The zero-order chi connectivity index (χ0) is 9.10. The van der Waals surface area contributed by atoms with Crippen LogP contribution in [-0.4, -0.2) is 15.7 Å². The van der Waals surface area contributed by atoms with Crippen molar-refractivity contribution in [1.82, 2.24) is 9.97 Å². The maximum atomic E-state index is 4.40. The Morgan fingerprint density at radius 3 is 3.31 bits per heavy atom. The minimum Gasteiger partial charge on any atom is -0.333 e. The Hall–Kier alpha value is -0.960. The van der Waals surface area contributed by atoms with Crippen LogP contribution >= 0.6 is 11.8 Å². The molecular formula is C10H11N2S. The molecule has 2 nitrogen and oxygen atoms in total. The van der Waals surface area contributed by atoms with Crippen LogP contribution in [0.15, 0.2) is 23.4 Å². The second kappa shape index (κ2) is 3.83. The molecule has 0 saturated heterocycles. The minimum absolute atomic E-state index is 0.932. The lowest BCUT2D eigenvalue weighted by atomic mass is 10.3. The van der Waals surface area contributed by atoms with Crippen LogP contribution in [-0.2, 0) is 0 Å². The molecule has 1 radical (unpaired) electrons. The molecule has 0 unspecified atom stereocenters. The van der Waals surface area contributed by atoms with Gasteiger partial charge < -0.3 is 4.98 Å². The molecule has 3 heteroatoms. The van der Waals surface area contributed by atoms with E-state index in [0.717, 1.165) is 21.9 Å². The lowest BCUT2D eigenvalue weighted by molar-refractivity contribution is 1.05. The van der Waals surface area contributed by atoms with Gasteiger partial charge in [0.05, 0.1) is 11.0 Å². The van der Waals surface area contributed by atoms with Crippen LogP contribution in [0.4, 0.5) is 0 Å². The molecule has 2 aromatic rings. The number of nitrogens with one attached hydrogen (secondary N) is 1. The molecule has 1 aromatic heterocycles. The predicted molar refractivity (Wildman–Crippen MR) is 55.9 cm³/mol. The first-order valence-corrected chi connectivity index (χ1v) is 5.38. The van der Waals surface area contributed by atoms with Crippen molar-refractivity contribution in [3.63, 3.8) is 0 Å². The molecule has 0 aliphatic heterocycles. The molecule has 0 bridgehead atoms. The van der Waals surface area contributed by atoms with Crippen molar-refractivity contribution in [3.8, 4) is 0 Å². The summed E-state index contributed by atoms with van der Waals surface area (Å²) in [7, 11) is 0. The van der Waals surface area contributed by atoms with Gasteiger partial charge in [0.2, 0.25) is 0 Å². The Labute approximate surface area is 81.8 Å². The van der Waals surface area contributed by atoms with Gasteiger partial charge in [-0.1, -0.05) is 30.8 Å². The summed E-state index contributed by atoms with van der Waals surface area (Å²) in [6.07, 6.45) is 1.17. The number of rotatable bonds is 3. The molecule has 2 rings (SSSR count). The van der Waals surface area contributed by atoms with Gasteiger partial charge in [0.25, 0.3) is 0 Å². The van der Waals surface area contributed by atoms with E-state index in [2.05, 4.69) is 23.0 Å². The number of para-hydroxylation sites is 1. The lowest BCUT2D eigenvalue weighted by Gasteiger charge is -1.90. The standard InChI is InChI=1S/C10H11N2S/c1-2-7-13-10-11-8-5-3-4-6-9(8)12-10/h3-5H,2,7H2,1H3,(H,11,12). The van der Waals surface area contributed by atoms with E-state index in [1.165, 1.54) is 6.42 Å². The van der Waals surface area contributed by atoms with Crippen molar-refractivity contribution in [2.24, 2.45) is 0 Å². The van der Waals surface area contributed by atoms with Crippen molar-refractivity contribution in [2.75, 3.05) is 5.75 Å². The van der Waals surface area contributed by atoms with E-state index in [4.69, 9.17) is 0 Å². The van der Waals surface area contributed by atoms with E-state index in [-0.39, 0.29) is 0 Å². The third-order valence-electron chi connectivity index (χ3n) is 1.73. The quantitative estimate of drug-likeness (QED) is 0.756. The van der Waals surface area contributed by atoms with Crippen molar-refractivity contribution in [3.05, 3.63) is 24.3 Å². The van der Waals surface area contributed by atoms with Crippen LogP contribution < -0.4 is 0 Å². The fraction of sp³-hybridized carbons (Fsp3) is 0.300. The van der Waals surface area contributed by atoms with Crippen molar-refractivity contribution in [1.29, 1.82) is 0 Å². The number of thioether (sulfide) groups is 1. The third-order valence-corrected chi connectivity index (χ3v) is 2.81. The van der Waals surface area contributed by atoms with Gasteiger partial charge in [0.1, 0.15) is 0 Å². The SMILES string of the molecule is CCCSc1nc2[c]cccc2[nH]1. The van der Waals surface area contributed by atoms with Gasteiger partial charge >= 0.3 is 0 Å².